The Balaban J connectivity index is 2.16. The number of methoxy groups -OCH3 is 1. The molecule has 6 heteroatoms. The van der Waals surface area contributed by atoms with Gasteiger partial charge >= 0.3 is 13.1 Å². The average molecular weight is 384 g/mol. The summed E-state index contributed by atoms with van der Waals surface area (Å²) in [5.74, 6) is 0.0704. The highest BCUT2D eigenvalue weighted by molar-refractivity contribution is 6.48. The van der Waals surface area contributed by atoms with Crippen LogP contribution in [-0.4, -0.2) is 38.0 Å². The van der Waals surface area contributed by atoms with Gasteiger partial charge in [0.1, 0.15) is 5.75 Å². The normalized spacial score (nSPS) is 18.9. The summed E-state index contributed by atoms with van der Waals surface area (Å²) in [5, 5.41) is 2.10. The molecule has 0 spiro atoms. The second kappa shape index (κ2) is 7.76. The second-order valence-corrected chi connectivity index (χ2v) is 8.14. The third-order valence-electron chi connectivity index (χ3n) is 5.82. The van der Waals surface area contributed by atoms with Gasteiger partial charge in [0.25, 0.3) is 0 Å². The van der Waals surface area contributed by atoms with Crippen LogP contribution in [0.5, 0.6) is 5.75 Å². The van der Waals surface area contributed by atoms with E-state index in [1.807, 2.05) is 71.0 Å². The van der Waals surface area contributed by atoms with Crippen LogP contribution in [0.3, 0.4) is 0 Å². The zero-order valence-corrected chi connectivity index (χ0v) is 17.6. The van der Waals surface area contributed by atoms with Crippen LogP contribution < -0.4 is 4.74 Å². The molecule has 1 unspecified atom stereocenters. The molecule has 0 N–H and O–H groups in total. The second-order valence-electron chi connectivity index (χ2n) is 8.14. The van der Waals surface area contributed by atoms with E-state index >= 15 is 0 Å². The summed E-state index contributed by atoms with van der Waals surface area (Å²) in [7, 11) is 0.810. The molecule has 28 heavy (non-hydrogen) atoms. The summed E-state index contributed by atoms with van der Waals surface area (Å²) in [4.78, 5) is 12.3. The summed E-state index contributed by atoms with van der Waals surface area (Å²) >= 11 is 0. The first kappa shape index (κ1) is 20.7. The SMILES string of the molecule is CCOc1ccc2ccccc2c1C(CC(=O)OC)B1OC(C)(C)C(C)(C)O1. The molecule has 1 aliphatic rings. The number of esters is 1. The number of ether oxygens (including phenoxy) is 2. The number of carbonyl (C=O) groups is 1. The Morgan fingerprint density at radius 2 is 1.71 bits per heavy atom. The van der Waals surface area contributed by atoms with Gasteiger partial charge < -0.3 is 18.8 Å². The van der Waals surface area contributed by atoms with Crippen molar-refractivity contribution in [1.29, 1.82) is 0 Å². The lowest BCUT2D eigenvalue weighted by molar-refractivity contribution is -0.140. The van der Waals surface area contributed by atoms with Crippen molar-refractivity contribution in [2.45, 2.75) is 58.1 Å². The van der Waals surface area contributed by atoms with Gasteiger partial charge in [-0.25, -0.2) is 0 Å². The molecular formula is C22H29BO5. The molecule has 1 atom stereocenters. The summed E-state index contributed by atoms with van der Waals surface area (Å²) in [6, 6.07) is 12.1. The number of fused-ring (bicyclic) bond motifs is 1. The van der Waals surface area contributed by atoms with Gasteiger partial charge in [-0.15, -0.1) is 0 Å². The minimum absolute atomic E-state index is 0.140. The van der Waals surface area contributed by atoms with E-state index in [1.54, 1.807) is 0 Å². The van der Waals surface area contributed by atoms with Gasteiger partial charge in [-0.1, -0.05) is 30.3 Å². The van der Waals surface area contributed by atoms with Gasteiger partial charge in [0.2, 0.25) is 0 Å². The van der Waals surface area contributed by atoms with Crippen molar-refractivity contribution in [3.05, 3.63) is 42.0 Å². The van der Waals surface area contributed by atoms with Crippen molar-refractivity contribution in [3.63, 3.8) is 0 Å². The topological polar surface area (TPSA) is 54.0 Å². The van der Waals surface area contributed by atoms with Crippen LogP contribution in [0.25, 0.3) is 10.8 Å². The molecule has 3 rings (SSSR count). The van der Waals surface area contributed by atoms with E-state index in [0.717, 1.165) is 22.1 Å². The van der Waals surface area contributed by atoms with Crippen LogP contribution >= 0.6 is 0 Å². The van der Waals surface area contributed by atoms with Crippen LogP contribution in [0.2, 0.25) is 0 Å². The number of benzene rings is 2. The lowest BCUT2D eigenvalue weighted by Crippen LogP contribution is -2.41. The van der Waals surface area contributed by atoms with Crippen LogP contribution in [0.15, 0.2) is 36.4 Å². The fourth-order valence-corrected chi connectivity index (χ4v) is 3.59. The maximum atomic E-state index is 12.3. The fraction of sp³-hybridized carbons (Fsp3) is 0.500. The first-order valence-electron chi connectivity index (χ1n) is 9.77. The molecule has 1 fully saturated rings. The van der Waals surface area contributed by atoms with E-state index in [4.69, 9.17) is 18.8 Å². The van der Waals surface area contributed by atoms with E-state index < -0.39 is 18.3 Å². The van der Waals surface area contributed by atoms with Gasteiger partial charge in [0, 0.05) is 11.4 Å². The quantitative estimate of drug-likeness (QED) is 0.542. The third kappa shape index (κ3) is 3.76. The van der Waals surface area contributed by atoms with E-state index in [1.165, 1.54) is 7.11 Å². The molecule has 1 aliphatic heterocycles. The molecule has 2 aromatic carbocycles. The minimum atomic E-state index is -0.589. The molecule has 0 aliphatic carbocycles. The Morgan fingerprint density at radius 3 is 2.32 bits per heavy atom. The van der Waals surface area contributed by atoms with Crippen molar-refractivity contribution in [2.24, 2.45) is 0 Å². The van der Waals surface area contributed by atoms with E-state index in [-0.39, 0.29) is 18.2 Å². The van der Waals surface area contributed by atoms with Crippen molar-refractivity contribution >= 4 is 23.9 Å². The Hall–Kier alpha value is -2.05. The van der Waals surface area contributed by atoms with Crippen LogP contribution in [0.1, 0.15) is 52.4 Å². The zero-order chi connectivity index (χ0) is 20.5. The van der Waals surface area contributed by atoms with Gasteiger partial charge in [-0.2, -0.15) is 0 Å². The zero-order valence-electron chi connectivity index (χ0n) is 17.6. The minimum Gasteiger partial charge on any atom is -0.494 e. The summed E-state index contributed by atoms with van der Waals surface area (Å²) in [6.45, 7) is 10.5. The fourth-order valence-electron chi connectivity index (χ4n) is 3.59. The molecular weight excluding hydrogens is 355 g/mol. The first-order chi connectivity index (χ1) is 13.2. The van der Waals surface area contributed by atoms with Gasteiger partial charge in [-0.05, 0) is 51.5 Å². The molecule has 0 saturated carbocycles. The molecule has 0 radical (unpaired) electrons. The highest BCUT2D eigenvalue weighted by Crippen LogP contribution is 2.45. The van der Waals surface area contributed by atoms with Gasteiger partial charge in [0.05, 0.1) is 31.3 Å². The van der Waals surface area contributed by atoms with E-state index in [0.29, 0.717) is 6.61 Å². The van der Waals surface area contributed by atoms with E-state index in [9.17, 15) is 4.79 Å². The van der Waals surface area contributed by atoms with Crippen LogP contribution in [0, 0.1) is 0 Å². The van der Waals surface area contributed by atoms with Crippen molar-refractivity contribution < 1.29 is 23.6 Å². The molecule has 2 aromatic rings. The predicted octanol–water partition coefficient (Wildman–Crippen LogP) is 4.52. The third-order valence-corrected chi connectivity index (χ3v) is 5.82. The first-order valence-corrected chi connectivity index (χ1v) is 9.77. The standard InChI is InChI=1S/C22H29BO5/c1-7-26-18-13-12-15-10-8-9-11-16(15)20(18)17(14-19(24)25-6)23-27-21(2,3)22(4,5)28-23/h8-13,17H,7,14H2,1-6H3. The molecule has 5 nitrogen and oxygen atoms in total. The smallest absolute Gasteiger partial charge is 0.466 e. The lowest BCUT2D eigenvalue weighted by Gasteiger charge is -2.32. The average Bonchev–Trinajstić information content (AvgIpc) is 2.87. The van der Waals surface area contributed by atoms with E-state index in [2.05, 4.69) is 0 Å². The molecule has 150 valence electrons. The highest BCUT2D eigenvalue weighted by Gasteiger charge is 2.55. The molecule has 1 saturated heterocycles. The highest BCUT2D eigenvalue weighted by atomic mass is 16.7. The van der Waals surface area contributed by atoms with Crippen molar-refractivity contribution in [3.8, 4) is 5.75 Å². The Kier molecular flexibility index (Phi) is 5.73. The molecule has 1 heterocycles. The van der Waals surface area contributed by atoms with Gasteiger partial charge in [-0.3, -0.25) is 4.79 Å². The van der Waals surface area contributed by atoms with Crippen LogP contribution in [-0.2, 0) is 18.8 Å². The number of hydrogen-bond acceptors (Lipinski definition) is 5. The Morgan fingerprint density at radius 1 is 1.07 bits per heavy atom. The lowest BCUT2D eigenvalue weighted by atomic mass is 9.65. The maximum absolute atomic E-state index is 12.3. The Labute approximate surface area is 167 Å². The number of carbonyl (C=O) groups excluding carboxylic acids is 1. The summed E-state index contributed by atoms with van der Waals surface area (Å²) in [5.41, 5.74) is -0.0750. The Bertz CT molecular complexity index is 845. The largest absolute Gasteiger partial charge is 0.494 e. The number of hydrogen-bond donors (Lipinski definition) is 0. The van der Waals surface area contributed by atoms with Crippen molar-refractivity contribution in [2.75, 3.05) is 13.7 Å². The number of rotatable bonds is 6. The summed E-state index contributed by atoms with van der Waals surface area (Å²) in [6.07, 6.45) is 0.140. The van der Waals surface area contributed by atoms with Gasteiger partial charge in [0.15, 0.2) is 0 Å². The monoisotopic (exact) mass is 384 g/mol. The molecule has 0 aromatic heterocycles. The molecule has 0 amide bonds. The maximum Gasteiger partial charge on any atom is 0.466 e. The predicted molar refractivity (Wildman–Crippen MR) is 111 cm³/mol. The molecule has 0 bridgehead atoms. The van der Waals surface area contributed by atoms with Crippen LogP contribution in [0.4, 0.5) is 0 Å². The summed E-state index contributed by atoms with van der Waals surface area (Å²) < 4.78 is 23.6. The van der Waals surface area contributed by atoms with Crippen molar-refractivity contribution in [1.82, 2.24) is 0 Å².